The Morgan fingerprint density at radius 1 is 0.846 bits per heavy atom. The molecule has 5 aromatic rings. The van der Waals surface area contributed by atoms with Crippen LogP contribution in [0.2, 0.25) is 0 Å². The highest BCUT2D eigenvalue weighted by atomic mass is 32.2. The molecule has 5 rings (SSSR count). The minimum absolute atomic E-state index is 0.0700. The van der Waals surface area contributed by atoms with Crippen LogP contribution in [0.4, 0.5) is 0 Å². The molecule has 7 nitrogen and oxygen atoms in total. The number of sulfonamides is 1. The van der Waals surface area contributed by atoms with E-state index in [0.29, 0.717) is 34.5 Å². The molecular weight excluding hydrogens is 514 g/mol. The van der Waals surface area contributed by atoms with Crippen LogP contribution in [0.15, 0.2) is 112 Å². The van der Waals surface area contributed by atoms with Crippen LogP contribution in [0.3, 0.4) is 0 Å². The second-order valence-corrected chi connectivity index (χ2v) is 11.1. The molecule has 0 fully saturated rings. The van der Waals surface area contributed by atoms with Gasteiger partial charge in [-0.1, -0.05) is 60.7 Å². The number of benzene rings is 4. The molecule has 1 heterocycles. The van der Waals surface area contributed by atoms with Gasteiger partial charge in [0.2, 0.25) is 15.8 Å². The van der Waals surface area contributed by atoms with Crippen molar-refractivity contribution in [1.29, 1.82) is 0 Å². The first-order valence-corrected chi connectivity index (χ1v) is 13.9. The maximum absolute atomic E-state index is 14.0. The van der Waals surface area contributed by atoms with Crippen LogP contribution in [0, 0.1) is 6.92 Å². The summed E-state index contributed by atoms with van der Waals surface area (Å²) in [6.07, 6.45) is 0.524. The highest BCUT2D eigenvalue weighted by Gasteiger charge is 2.27. The molecule has 0 aliphatic rings. The lowest BCUT2D eigenvalue weighted by atomic mass is 10.1. The summed E-state index contributed by atoms with van der Waals surface area (Å²) in [5, 5.41) is 9.86. The fourth-order valence-corrected chi connectivity index (χ4v) is 5.89. The Labute approximate surface area is 226 Å². The molecule has 0 aliphatic heterocycles. The highest BCUT2D eigenvalue weighted by Crippen LogP contribution is 2.30. The zero-order chi connectivity index (χ0) is 27.4. The third kappa shape index (κ3) is 5.87. The van der Waals surface area contributed by atoms with E-state index < -0.39 is 16.0 Å². The quantitative estimate of drug-likeness (QED) is 0.212. The van der Waals surface area contributed by atoms with Crippen molar-refractivity contribution in [1.82, 2.24) is 4.31 Å². The van der Waals surface area contributed by atoms with E-state index in [1.807, 2.05) is 84.9 Å². The Kier molecular flexibility index (Phi) is 7.49. The van der Waals surface area contributed by atoms with E-state index >= 15 is 0 Å². The van der Waals surface area contributed by atoms with Gasteiger partial charge in [-0.05, 0) is 66.9 Å². The molecule has 8 heteroatoms. The Balaban J connectivity index is 1.47. The van der Waals surface area contributed by atoms with Crippen molar-refractivity contribution in [3.8, 4) is 11.5 Å². The molecule has 0 unspecified atom stereocenters. The third-order valence-corrected chi connectivity index (χ3v) is 8.31. The molecule has 0 spiro atoms. The summed E-state index contributed by atoms with van der Waals surface area (Å²) in [5.74, 6) is -0.102. The second kappa shape index (κ2) is 11.1. The molecule has 39 heavy (non-hydrogen) atoms. The van der Waals surface area contributed by atoms with Gasteiger partial charge >= 0.3 is 5.97 Å². The largest absolute Gasteiger partial charge is 0.475 e. The lowest BCUT2D eigenvalue weighted by molar-refractivity contribution is 0.0664. The molecule has 0 atom stereocenters. The van der Waals surface area contributed by atoms with E-state index in [4.69, 9.17) is 9.15 Å². The summed E-state index contributed by atoms with van der Waals surface area (Å²) in [7, 11) is -3.96. The van der Waals surface area contributed by atoms with Gasteiger partial charge in [0, 0.05) is 24.0 Å². The van der Waals surface area contributed by atoms with Crippen molar-refractivity contribution in [2.45, 2.75) is 24.8 Å². The van der Waals surface area contributed by atoms with E-state index in [1.54, 1.807) is 6.92 Å². The number of hydrogen-bond acceptors (Lipinski definition) is 5. The Morgan fingerprint density at radius 3 is 2.23 bits per heavy atom. The first-order chi connectivity index (χ1) is 18.8. The normalized spacial score (nSPS) is 11.6. The van der Waals surface area contributed by atoms with E-state index in [1.165, 1.54) is 22.5 Å². The molecule has 0 amide bonds. The molecular formula is C31H27NO6S. The number of hydrogen-bond donors (Lipinski definition) is 1. The van der Waals surface area contributed by atoms with E-state index in [-0.39, 0.29) is 23.7 Å². The van der Waals surface area contributed by atoms with Gasteiger partial charge in [-0.25, -0.2) is 13.2 Å². The molecule has 1 N–H and O–H groups in total. The zero-order valence-corrected chi connectivity index (χ0v) is 22.1. The van der Waals surface area contributed by atoms with Crippen molar-refractivity contribution in [2.24, 2.45) is 0 Å². The standard InChI is InChI=1S/C31H27NO6S/c1-22-28-20-27(15-16-29(28)38-30(22)31(33)34)39(35,36)32(18-17-23-9-4-2-5-10-23)21-24-11-8-14-26(19-24)37-25-12-6-3-7-13-25/h2-16,19-20H,17-18,21H2,1H3,(H,33,34). The van der Waals surface area contributed by atoms with Crippen LogP contribution in [0.25, 0.3) is 11.0 Å². The maximum Gasteiger partial charge on any atom is 0.372 e. The molecule has 4 aromatic carbocycles. The number of carboxylic acid groups (broad SMARTS) is 1. The van der Waals surface area contributed by atoms with Gasteiger partial charge in [0.1, 0.15) is 17.1 Å². The molecule has 0 saturated carbocycles. The monoisotopic (exact) mass is 541 g/mol. The average Bonchev–Trinajstić information content (AvgIpc) is 3.28. The number of furan rings is 1. The summed E-state index contributed by atoms with van der Waals surface area (Å²) in [6.45, 7) is 1.99. The Morgan fingerprint density at radius 2 is 1.51 bits per heavy atom. The Hall–Kier alpha value is -4.40. The van der Waals surface area contributed by atoms with Gasteiger partial charge in [-0.2, -0.15) is 4.31 Å². The van der Waals surface area contributed by atoms with E-state index in [0.717, 1.165) is 11.1 Å². The number of fused-ring (bicyclic) bond motifs is 1. The number of aryl methyl sites for hydroxylation is 1. The van der Waals surface area contributed by atoms with Crippen LogP contribution in [0.5, 0.6) is 11.5 Å². The van der Waals surface area contributed by atoms with Crippen LogP contribution < -0.4 is 4.74 Å². The summed E-state index contributed by atoms with van der Waals surface area (Å²) >= 11 is 0. The van der Waals surface area contributed by atoms with Crippen molar-refractivity contribution < 1.29 is 27.5 Å². The van der Waals surface area contributed by atoms with E-state index in [9.17, 15) is 18.3 Å². The topological polar surface area (TPSA) is 97.0 Å². The van der Waals surface area contributed by atoms with Crippen molar-refractivity contribution in [2.75, 3.05) is 6.54 Å². The van der Waals surface area contributed by atoms with Gasteiger partial charge in [0.05, 0.1) is 4.90 Å². The minimum Gasteiger partial charge on any atom is -0.475 e. The minimum atomic E-state index is -3.96. The molecule has 0 saturated heterocycles. The SMILES string of the molecule is Cc1c(C(=O)O)oc2ccc(S(=O)(=O)N(CCc3ccccc3)Cc3cccc(Oc4ccccc4)c3)cc12. The zero-order valence-electron chi connectivity index (χ0n) is 21.3. The number of carbonyl (C=O) groups is 1. The number of carboxylic acids is 1. The molecule has 198 valence electrons. The number of rotatable bonds is 10. The third-order valence-electron chi connectivity index (χ3n) is 6.47. The fraction of sp³-hybridized carbons (Fsp3) is 0.129. The summed E-state index contributed by atoms with van der Waals surface area (Å²) in [4.78, 5) is 11.6. The number of ether oxygens (including phenoxy) is 1. The maximum atomic E-state index is 14.0. The smallest absolute Gasteiger partial charge is 0.372 e. The fourth-order valence-electron chi connectivity index (χ4n) is 4.43. The van der Waals surface area contributed by atoms with Crippen molar-refractivity contribution in [3.05, 3.63) is 126 Å². The van der Waals surface area contributed by atoms with E-state index in [2.05, 4.69) is 0 Å². The Bertz CT molecular complexity index is 1710. The lowest BCUT2D eigenvalue weighted by Crippen LogP contribution is -2.32. The van der Waals surface area contributed by atoms with Crippen molar-refractivity contribution >= 4 is 27.0 Å². The van der Waals surface area contributed by atoms with Gasteiger partial charge in [0.25, 0.3) is 0 Å². The van der Waals surface area contributed by atoms with Gasteiger partial charge < -0.3 is 14.3 Å². The van der Waals surface area contributed by atoms with Crippen LogP contribution in [-0.4, -0.2) is 30.3 Å². The molecule has 0 radical (unpaired) electrons. The van der Waals surface area contributed by atoms with Crippen LogP contribution >= 0.6 is 0 Å². The van der Waals surface area contributed by atoms with Crippen molar-refractivity contribution in [3.63, 3.8) is 0 Å². The molecule has 0 aliphatic carbocycles. The molecule has 0 bridgehead atoms. The van der Waals surface area contributed by atoms with Gasteiger partial charge in [0.15, 0.2) is 0 Å². The first kappa shape index (κ1) is 26.2. The highest BCUT2D eigenvalue weighted by molar-refractivity contribution is 7.89. The second-order valence-electron chi connectivity index (χ2n) is 9.16. The summed E-state index contributed by atoms with van der Waals surface area (Å²) < 4.78 is 40.8. The number of para-hydroxylation sites is 1. The number of aromatic carboxylic acids is 1. The van der Waals surface area contributed by atoms with Gasteiger partial charge in [-0.15, -0.1) is 0 Å². The predicted octanol–water partition coefficient (Wildman–Crippen LogP) is 6.67. The number of nitrogens with zero attached hydrogens (tertiary/aromatic N) is 1. The average molecular weight is 542 g/mol. The van der Waals surface area contributed by atoms with Gasteiger partial charge in [-0.3, -0.25) is 0 Å². The summed E-state index contributed by atoms with van der Waals surface area (Å²) in [5.41, 5.74) is 2.50. The lowest BCUT2D eigenvalue weighted by Gasteiger charge is -2.23. The molecule has 1 aromatic heterocycles. The van der Waals surface area contributed by atoms with Crippen LogP contribution in [-0.2, 0) is 23.0 Å². The predicted molar refractivity (Wildman–Crippen MR) is 149 cm³/mol. The first-order valence-electron chi connectivity index (χ1n) is 12.4. The van der Waals surface area contributed by atoms with Crippen LogP contribution in [0.1, 0.15) is 27.2 Å². The summed E-state index contributed by atoms with van der Waals surface area (Å²) in [6, 6.07) is 30.9.